The van der Waals surface area contributed by atoms with Gasteiger partial charge in [-0.05, 0) is 31.2 Å². The Kier molecular flexibility index (Phi) is 8.27. The summed E-state index contributed by atoms with van der Waals surface area (Å²) in [6, 6.07) is 2.94. The molecule has 1 heterocycles. The van der Waals surface area contributed by atoms with Crippen LogP contribution < -0.4 is 5.32 Å². The van der Waals surface area contributed by atoms with Crippen LogP contribution in [0, 0.1) is 0 Å². The molecule has 0 spiro atoms. The van der Waals surface area contributed by atoms with E-state index in [9.17, 15) is 4.79 Å². The van der Waals surface area contributed by atoms with Crippen LogP contribution >= 0.6 is 35.6 Å². The third-order valence-corrected chi connectivity index (χ3v) is 2.63. The maximum Gasteiger partial charge on any atom is 0.323 e. The van der Waals surface area contributed by atoms with Gasteiger partial charge in [-0.25, -0.2) is 4.98 Å². The maximum absolute atomic E-state index is 11.6. The van der Waals surface area contributed by atoms with Gasteiger partial charge in [-0.3, -0.25) is 4.79 Å². The average molecular weight is 314 g/mol. The van der Waals surface area contributed by atoms with E-state index in [0.29, 0.717) is 12.0 Å². The molecule has 1 N–H and O–H groups in total. The lowest BCUT2D eigenvalue weighted by Gasteiger charge is -2.13. The predicted octanol–water partition coefficient (Wildman–Crippen LogP) is 2.85. The maximum atomic E-state index is 11.6. The van der Waals surface area contributed by atoms with Crippen molar-refractivity contribution in [3.63, 3.8) is 0 Å². The normalized spacial score (nSPS) is 11.6. The number of carbonyl (C=O) groups is 1. The van der Waals surface area contributed by atoms with Crippen LogP contribution in [-0.2, 0) is 16.1 Å². The minimum atomic E-state index is -0.293. The number of pyridine rings is 1. The standard InChI is InChI=1S/C11H14Cl2N2O2.ClH/c1-3-8(14-2)11(16)17-6-7-4-9(12)15-10(13)5-7;/h4-5,8,14H,3,6H2,1-2H3;1H/t8-;/m0./s1. The number of hydrogen-bond donors (Lipinski definition) is 1. The van der Waals surface area contributed by atoms with Crippen molar-refractivity contribution in [2.45, 2.75) is 26.0 Å². The molecule has 0 fully saturated rings. The summed E-state index contributed by atoms with van der Waals surface area (Å²) in [5, 5.41) is 3.43. The number of likely N-dealkylation sites (N-methyl/N-ethyl adjacent to an activating group) is 1. The molecule has 1 aromatic heterocycles. The predicted molar refractivity (Wildman–Crippen MR) is 74.4 cm³/mol. The first-order valence-corrected chi connectivity index (χ1v) is 5.98. The van der Waals surface area contributed by atoms with Gasteiger partial charge in [0, 0.05) is 0 Å². The van der Waals surface area contributed by atoms with Crippen molar-refractivity contribution < 1.29 is 9.53 Å². The number of nitrogens with zero attached hydrogens (tertiary/aromatic N) is 1. The molecule has 1 rings (SSSR count). The van der Waals surface area contributed by atoms with Gasteiger partial charge < -0.3 is 10.1 Å². The van der Waals surface area contributed by atoms with Crippen molar-refractivity contribution in [3.8, 4) is 0 Å². The lowest BCUT2D eigenvalue weighted by Crippen LogP contribution is -2.34. The number of ether oxygens (including phenoxy) is 1. The Bertz CT molecular complexity index is 378. The highest BCUT2D eigenvalue weighted by Gasteiger charge is 2.15. The Morgan fingerprint density at radius 3 is 2.44 bits per heavy atom. The van der Waals surface area contributed by atoms with Gasteiger partial charge in [0.05, 0.1) is 0 Å². The fourth-order valence-corrected chi connectivity index (χ4v) is 1.85. The van der Waals surface area contributed by atoms with E-state index in [1.165, 1.54) is 0 Å². The van der Waals surface area contributed by atoms with E-state index < -0.39 is 0 Å². The molecule has 0 aromatic carbocycles. The van der Waals surface area contributed by atoms with Gasteiger partial charge in [0.15, 0.2) is 0 Å². The van der Waals surface area contributed by atoms with Crippen LogP contribution in [0.4, 0.5) is 0 Å². The molecule has 102 valence electrons. The molecule has 0 radical (unpaired) electrons. The van der Waals surface area contributed by atoms with Gasteiger partial charge in [0.25, 0.3) is 0 Å². The molecule has 0 aliphatic heterocycles. The van der Waals surface area contributed by atoms with Crippen LogP contribution in [0.2, 0.25) is 10.3 Å². The number of hydrogen-bond acceptors (Lipinski definition) is 4. The first kappa shape index (κ1) is 17.4. The monoisotopic (exact) mass is 312 g/mol. The first-order chi connectivity index (χ1) is 8.06. The third-order valence-electron chi connectivity index (χ3n) is 2.24. The molecule has 0 unspecified atom stereocenters. The highest BCUT2D eigenvalue weighted by molar-refractivity contribution is 6.32. The van der Waals surface area contributed by atoms with Crippen LogP contribution in [0.3, 0.4) is 0 Å². The summed E-state index contributed by atoms with van der Waals surface area (Å²) in [6.45, 7) is 2.04. The number of carbonyl (C=O) groups excluding carboxylic acids is 1. The molecular formula is C11H15Cl3N2O2. The summed E-state index contributed by atoms with van der Waals surface area (Å²) >= 11 is 11.5. The summed E-state index contributed by atoms with van der Waals surface area (Å²) in [6.07, 6.45) is 0.674. The van der Waals surface area contributed by atoms with E-state index in [2.05, 4.69) is 10.3 Å². The second-order valence-corrected chi connectivity index (χ2v) is 4.25. The summed E-state index contributed by atoms with van der Waals surface area (Å²) in [4.78, 5) is 15.4. The van der Waals surface area contributed by atoms with Crippen molar-refractivity contribution >= 4 is 41.6 Å². The summed E-state index contributed by atoms with van der Waals surface area (Å²) in [5.74, 6) is -0.293. The molecule has 0 saturated carbocycles. The Labute approximate surface area is 122 Å². The van der Waals surface area contributed by atoms with Crippen molar-refractivity contribution in [1.29, 1.82) is 0 Å². The second-order valence-electron chi connectivity index (χ2n) is 3.48. The topological polar surface area (TPSA) is 51.2 Å². The molecular weight excluding hydrogens is 298 g/mol. The van der Waals surface area contributed by atoms with Crippen molar-refractivity contribution in [3.05, 3.63) is 28.0 Å². The molecule has 4 nitrogen and oxygen atoms in total. The van der Waals surface area contributed by atoms with E-state index in [-0.39, 0.29) is 41.3 Å². The molecule has 0 bridgehead atoms. The Morgan fingerprint density at radius 1 is 1.44 bits per heavy atom. The van der Waals surface area contributed by atoms with Crippen LogP contribution in [0.5, 0.6) is 0 Å². The van der Waals surface area contributed by atoms with E-state index >= 15 is 0 Å². The number of esters is 1. The zero-order valence-electron chi connectivity index (χ0n) is 10.1. The summed E-state index contributed by atoms with van der Waals surface area (Å²) in [7, 11) is 1.72. The SMILES string of the molecule is CC[C@H](NC)C(=O)OCc1cc(Cl)nc(Cl)c1.Cl. The lowest BCUT2D eigenvalue weighted by molar-refractivity contribution is -0.147. The molecule has 0 aliphatic rings. The fourth-order valence-electron chi connectivity index (χ4n) is 1.34. The molecule has 1 aromatic rings. The van der Waals surface area contributed by atoms with E-state index in [1.807, 2.05) is 6.92 Å². The first-order valence-electron chi connectivity index (χ1n) is 5.22. The van der Waals surface area contributed by atoms with Crippen molar-refractivity contribution in [1.82, 2.24) is 10.3 Å². The van der Waals surface area contributed by atoms with Gasteiger partial charge in [0.2, 0.25) is 0 Å². The highest BCUT2D eigenvalue weighted by Crippen LogP contribution is 2.15. The van der Waals surface area contributed by atoms with Gasteiger partial charge >= 0.3 is 5.97 Å². The van der Waals surface area contributed by atoms with Crippen LogP contribution in [-0.4, -0.2) is 24.0 Å². The van der Waals surface area contributed by atoms with E-state index in [4.69, 9.17) is 27.9 Å². The van der Waals surface area contributed by atoms with Crippen molar-refractivity contribution in [2.75, 3.05) is 7.05 Å². The van der Waals surface area contributed by atoms with Gasteiger partial charge in [-0.1, -0.05) is 30.1 Å². The lowest BCUT2D eigenvalue weighted by atomic mass is 10.2. The molecule has 0 aliphatic carbocycles. The second kappa shape index (κ2) is 8.53. The highest BCUT2D eigenvalue weighted by atomic mass is 35.5. The quantitative estimate of drug-likeness (QED) is 0.671. The largest absolute Gasteiger partial charge is 0.460 e. The number of nitrogens with one attached hydrogen (secondary N) is 1. The third kappa shape index (κ3) is 5.40. The van der Waals surface area contributed by atoms with Crippen LogP contribution in [0.1, 0.15) is 18.9 Å². The minimum absolute atomic E-state index is 0. The number of halogens is 3. The number of aromatic nitrogens is 1. The van der Waals surface area contributed by atoms with E-state index in [0.717, 1.165) is 0 Å². The number of rotatable bonds is 5. The average Bonchev–Trinajstić information content (AvgIpc) is 2.27. The zero-order chi connectivity index (χ0) is 12.8. The molecule has 0 saturated heterocycles. The van der Waals surface area contributed by atoms with Crippen molar-refractivity contribution in [2.24, 2.45) is 0 Å². The Morgan fingerprint density at radius 2 is 2.00 bits per heavy atom. The molecule has 0 amide bonds. The molecule has 7 heteroatoms. The molecule has 1 atom stereocenters. The molecule has 18 heavy (non-hydrogen) atoms. The minimum Gasteiger partial charge on any atom is -0.460 e. The van der Waals surface area contributed by atoms with E-state index in [1.54, 1.807) is 19.2 Å². The summed E-state index contributed by atoms with van der Waals surface area (Å²) < 4.78 is 5.14. The van der Waals surface area contributed by atoms with Gasteiger partial charge in [0.1, 0.15) is 23.0 Å². The Balaban J connectivity index is 0.00000289. The van der Waals surface area contributed by atoms with Gasteiger partial charge in [-0.15, -0.1) is 12.4 Å². The Hall–Kier alpha value is -0.550. The van der Waals surface area contributed by atoms with Crippen LogP contribution in [0.15, 0.2) is 12.1 Å². The van der Waals surface area contributed by atoms with Crippen LogP contribution in [0.25, 0.3) is 0 Å². The fraction of sp³-hybridized carbons (Fsp3) is 0.455. The smallest absolute Gasteiger partial charge is 0.323 e. The van der Waals surface area contributed by atoms with Gasteiger partial charge in [-0.2, -0.15) is 0 Å². The zero-order valence-corrected chi connectivity index (χ0v) is 12.4. The summed E-state index contributed by atoms with van der Waals surface area (Å²) in [5.41, 5.74) is 0.717.